The molecule has 0 saturated heterocycles. The third-order valence-corrected chi connectivity index (χ3v) is 4.76. The lowest BCUT2D eigenvalue weighted by Gasteiger charge is -2.15. The topological polar surface area (TPSA) is 49.3 Å². The average Bonchev–Trinajstić information content (AvgIpc) is 3.21. The summed E-state index contributed by atoms with van der Waals surface area (Å²) in [4.78, 5) is 0. The van der Waals surface area contributed by atoms with E-state index in [1.807, 2.05) is 18.2 Å². The zero-order valence-electron chi connectivity index (χ0n) is 15.9. The molecular weight excluding hydrogens is 338 g/mol. The van der Waals surface area contributed by atoms with Gasteiger partial charge in [-0.2, -0.15) is 4.57 Å². The van der Waals surface area contributed by atoms with Gasteiger partial charge >= 0.3 is 5.82 Å². The van der Waals surface area contributed by atoms with Crippen LogP contribution in [0.4, 0.5) is 0 Å². The highest BCUT2D eigenvalue weighted by molar-refractivity contribution is 5.95. The van der Waals surface area contributed by atoms with Crippen molar-refractivity contribution >= 4 is 10.8 Å². The lowest BCUT2D eigenvalue weighted by molar-refractivity contribution is -0.593. The van der Waals surface area contributed by atoms with Gasteiger partial charge < -0.3 is 14.6 Å². The van der Waals surface area contributed by atoms with Crippen molar-refractivity contribution in [3.63, 3.8) is 0 Å². The summed E-state index contributed by atoms with van der Waals surface area (Å²) >= 11 is 0. The third kappa shape index (κ3) is 2.91. The fourth-order valence-corrected chi connectivity index (χ4v) is 3.44. The summed E-state index contributed by atoms with van der Waals surface area (Å²) < 4.78 is 13.2. The van der Waals surface area contributed by atoms with E-state index in [1.54, 1.807) is 20.4 Å². The van der Waals surface area contributed by atoms with Crippen molar-refractivity contribution in [1.82, 2.24) is 10.2 Å². The molecule has 0 amide bonds. The molecule has 5 nitrogen and oxygen atoms in total. The van der Waals surface area contributed by atoms with Gasteiger partial charge in [0.2, 0.25) is 0 Å². The standard InChI is InChI=1S/C22H21N3O2/c1-14-5-7-16(8-6-14)22-18-13-20(27-4)19(26-3)12-17(18)11-15(2)25(22)21-9-10-23-24-21/h5-13H,1-4H3. The fraction of sp³-hybridized carbons (Fsp3) is 0.182. The molecule has 4 aromatic rings. The van der Waals surface area contributed by atoms with Gasteiger partial charge in [-0.25, -0.2) is 0 Å². The normalized spacial score (nSPS) is 11.0. The van der Waals surface area contributed by atoms with E-state index < -0.39 is 0 Å². The predicted molar refractivity (Wildman–Crippen MR) is 105 cm³/mol. The monoisotopic (exact) mass is 359 g/mol. The number of aryl methyl sites for hydroxylation is 2. The first kappa shape index (κ1) is 17.1. The first-order valence-corrected chi connectivity index (χ1v) is 8.75. The van der Waals surface area contributed by atoms with Crippen LogP contribution in [0.15, 0.2) is 54.7 Å². The van der Waals surface area contributed by atoms with Gasteiger partial charge in [-0.1, -0.05) is 29.8 Å². The number of nitrogens with zero attached hydrogens (tertiary/aromatic N) is 3. The second-order valence-electron chi connectivity index (χ2n) is 6.52. The van der Waals surface area contributed by atoms with E-state index in [0.717, 1.165) is 33.5 Å². The Labute approximate surface area is 158 Å². The van der Waals surface area contributed by atoms with Crippen LogP contribution in [0.1, 0.15) is 11.3 Å². The third-order valence-electron chi connectivity index (χ3n) is 4.76. The molecule has 0 fully saturated rings. The van der Waals surface area contributed by atoms with E-state index in [9.17, 15) is 0 Å². The zero-order valence-corrected chi connectivity index (χ0v) is 15.9. The quantitative estimate of drug-likeness (QED) is 0.521. The molecule has 0 unspecified atom stereocenters. The summed E-state index contributed by atoms with van der Waals surface area (Å²) in [6, 6.07) is 16.6. The second-order valence-corrected chi connectivity index (χ2v) is 6.52. The smallest absolute Gasteiger partial charge is 0.311 e. The van der Waals surface area contributed by atoms with Gasteiger partial charge in [-0.05, 0) is 37.4 Å². The van der Waals surface area contributed by atoms with E-state index in [-0.39, 0.29) is 0 Å². The molecule has 0 N–H and O–H groups in total. The minimum Gasteiger partial charge on any atom is -0.493 e. The van der Waals surface area contributed by atoms with Gasteiger partial charge in [-0.3, -0.25) is 0 Å². The van der Waals surface area contributed by atoms with Gasteiger partial charge in [-0.15, -0.1) is 11.3 Å². The molecule has 2 aromatic heterocycles. The van der Waals surface area contributed by atoms with Gasteiger partial charge in [0, 0.05) is 17.0 Å². The number of aromatic nitrogens is 3. The second kappa shape index (κ2) is 6.76. The lowest BCUT2D eigenvalue weighted by atomic mass is 10.0. The number of methoxy groups -OCH3 is 2. The number of pyridine rings is 1. The number of ether oxygens (including phenoxy) is 2. The molecule has 2 heterocycles. The lowest BCUT2D eigenvalue weighted by Crippen LogP contribution is -2.37. The molecule has 4 rings (SSSR count). The summed E-state index contributed by atoms with van der Waals surface area (Å²) in [5, 5.41) is 10.4. The Morgan fingerprint density at radius 3 is 2.22 bits per heavy atom. The van der Waals surface area contributed by atoms with Crippen molar-refractivity contribution in [2.75, 3.05) is 14.2 Å². The van der Waals surface area contributed by atoms with Crippen molar-refractivity contribution < 1.29 is 14.0 Å². The van der Waals surface area contributed by atoms with Gasteiger partial charge in [0.25, 0.3) is 0 Å². The zero-order chi connectivity index (χ0) is 19.0. The molecule has 0 aliphatic heterocycles. The SMILES string of the molecule is COc1cc2cc(C)[n+](-c3cc[n-]n3)c(-c3ccc(C)cc3)c2cc1OC. The van der Waals surface area contributed by atoms with Crippen LogP contribution in [-0.2, 0) is 0 Å². The van der Waals surface area contributed by atoms with Crippen LogP contribution in [-0.4, -0.2) is 19.3 Å². The van der Waals surface area contributed by atoms with E-state index >= 15 is 0 Å². The van der Waals surface area contributed by atoms with Crippen molar-refractivity contribution in [2.24, 2.45) is 0 Å². The maximum atomic E-state index is 5.55. The Bertz CT molecular complexity index is 1100. The molecule has 0 aliphatic rings. The molecular formula is C22H21N3O2. The van der Waals surface area contributed by atoms with Crippen LogP contribution in [0.25, 0.3) is 27.8 Å². The van der Waals surface area contributed by atoms with E-state index in [1.165, 1.54) is 5.56 Å². The van der Waals surface area contributed by atoms with Gasteiger partial charge in [0.1, 0.15) is 11.4 Å². The number of rotatable bonds is 4. The van der Waals surface area contributed by atoms with Crippen LogP contribution in [0.3, 0.4) is 0 Å². The number of hydrogen-bond acceptors (Lipinski definition) is 3. The van der Waals surface area contributed by atoms with E-state index in [2.05, 4.69) is 58.9 Å². The molecule has 0 aliphatic carbocycles. The van der Waals surface area contributed by atoms with Crippen LogP contribution in [0, 0.1) is 13.8 Å². The molecule has 0 radical (unpaired) electrons. The molecule has 0 saturated carbocycles. The fourth-order valence-electron chi connectivity index (χ4n) is 3.44. The summed E-state index contributed by atoms with van der Waals surface area (Å²) in [6.07, 6.45) is 1.71. The van der Waals surface area contributed by atoms with Crippen molar-refractivity contribution in [2.45, 2.75) is 13.8 Å². The van der Waals surface area contributed by atoms with Crippen molar-refractivity contribution in [1.29, 1.82) is 0 Å². The average molecular weight is 359 g/mol. The molecule has 0 spiro atoms. The molecule has 2 aromatic carbocycles. The first-order chi connectivity index (χ1) is 13.1. The highest BCUT2D eigenvalue weighted by Crippen LogP contribution is 2.36. The Morgan fingerprint density at radius 2 is 1.59 bits per heavy atom. The Kier molecular flexibility index (Phi) is 4.28. The van der Waals surface area contributed by atoms with Gasteiger partial charge in [0.05, 0.1) is 14.2 Å². The predicted octanol–water partition coefficient (Wildman–Crippen LogP) is 3.77. The number of benzene rings is 2. The highest BCUT2D eigenvalue weighted by atomic mass is 16.5. The largest absolute Gasteiger partial charge is 0.493 e. The first-order valence-electron chi connectivity index (χ1n) is 8.75. The highest BCUT2D eigenvalue weighted by Gasteiger charge is 2.22. The minimum absolute atomic E-state index is 0.697. The molecule has 0 bridgehead atoms. The van der Waals surface area contributed by atoms with Crippen LogP contribution in [0.2, 0.25) is 0 Å². The maximum absolute atomic E-state index is 5.55. The maximum Gasteiger partial charge on any atom is 0.311 e. The molecule has 27 heavy (non-hydrogen) atoms. The number of hydrogen-bond donors (Lipinski definition) is 0. The Hall–Kier alpha value is -3.34. The van der Waals surface area contributed by atoms with Crippen LogP contribution >= 0.6 is 0 Å². The summed E-state index contributed by atoms with van der Waals surface area (Å²) in [7, 11) is 3.31. The Morgan fingerprint density at radius 1 is 0.889 bits per heavy atom. The molecule has 5 heteroatoms. The summed E-state index contributed by atoms with van der Waals surface area (Å²) in [5.74, 6) is 2.20. The van der Waals surface area contributed by atoms with Gasteiger partial charge in [0.15, 0.2) is 11.5 Å². The van der Waals surface area contributed by atoms with Crippen molar-refractivity contribution in [3.8, 4) is 28.6 Å². The Balaban J connectivity index is 2.14. The molecule has 0 atom stereocenters. The summed E-state index contributed by atoms with van der Waals surface area (Å²) in [5.41, 5.74) is 4.43. The molecule has 136 valence electrons. The van der Waals surface area contributed by atoms with Crippen LogP contribution in [0.5, 0.6) is 11.5 Å². The van der Waals surface area contributed by atoms with E-state index in [4.69, 9.17) is 9.47 Å². The van der Waals surface area contributed by atoms with E-state index in [0.29, 0.717) is 11.5 Å². The van der Waals surface area contributed by atoms with Crippen molar-refractivity contribution in [3.05, 3.63) is 66.0 Å². The van der Waals surface area contributed by atoms with Crippen LogP contribution < -0.4 is 19.1 Å². The number of fused-ring (bicyclic) bond motifs is 1. The minimum atomic E-state index is 0.697. The summed E-state index contributed by atoms with van der Waals surface area (Å²) in [6.45, 7) is 4.16.